The van der Waals surface area contributed by atoms with Crippen molar-refractivity contribution in [2.75, 3.05) is 0 Å². The topological polar surface area (TPSA) is 26.3 Å². The summed E-state index contributed by atoms with van der Waals surface area (Å²) in [5.41, 5.74) is 10.6. The second-order valence-electron chi connectivity index (χ2n) is 14.3. The summed E-state index contributed by atoms with van der Waals surface area (Å²) in [5, 5.41) is 14.2. The lowest BCUT2D eigenvalue weighted by molar-refractivity contribution is 0.669. The van der Waals surface area contributed by atoms with Gasteiger partial charge in [0.1, 0.15) is 22.3 Å². The van der Waals surface area contributed by atoms with Crippen LogP contribution in [0.3, 0.4) is 0 Å². The zero-order chi connectivity index (χ0) is 35.3. The SMILES string of the molecule is c1ccc2c(-c3c4ccccc4c(-c4ccc5c(c4)oc4cc(-c6cccc7c6oc6c8ccccc8ccc76)ccc45)c4ccccc34)cccc2c1. The standard InChI is InChI=1S/C52H30O2/c1-3-14-35-31(11-1)13-9-21-40(35)50-43-18-7-5-16-41(43)49(42-17-6-8-19-44(42)50)34-25-27-39-38-26-24-33(29-47(38)53-48(39)30-34)37-20-10-22-45-46-28-23-32-12-2-4-15-36(32)51(46)54-52(37)45/h1-30H. The molecule has 0 aliphatic carbocycles. The Balaban J connectivity index is 1.04. The van der Waals surface area contributed by atoms with Gasteiger partial charge in [-0.1, -0.05) is 152 Å². The Bertz CT molecular complexity index is 3440. The molecule has 0 fully saturated rings. The van der Waals surface area contributed by atoms with Crippen LogP contribution < -0.4 is 0 Å². The quantitative estimate of drug-likeness (QED) is 0.173. The minimum absolute atomic E-state index is 0.860. The molecule has 0 radical (unpaired) electrons. The molecule has 2 aromatic heterocycles. The maximum atomic E-state index is 6.74. The van der Waals surface area contributed by atoms with Crippen molar-refractivity contribution in [2.45, 2.75) is 0 Å². The van der Waals surface area contributed by atoms with Gasteiger partial charge in [0.15, 0.2) is 0 Å². The van der Waals surface area contributed by atoms with Crippen molar-refractivity contribution in [3.8, 4) is 33.4 Å². The van der Waals surface area contributed by atoms with Crippen molar-refractivity contribution in [3.63, 3.8) is 0 Å². The average Bonchev–Trinajstić information content (AvgIpc) is 3.80. The molecule has 0 N–H and O–H groups in total. The van der Waals surface area contributed by atoms with Crippen LogP contribution in [0.25, 0.3) is 120 Å². The van der Waals surface area contributed by atoms with Crippen molar-refractivity contribution in [1.82, 2.24) is 0 Å². The predicted molar refractivity (Wildman–Crippen MR) is 227 cm³/mol. The van der Waals surface area contributed by atoms with Crippen LogP contribution in [-0.2, 0) is 0 Å². The fourth-order valence-electron chi connectivity index (χ4n) is 9.03. The number of fused-ring (bicyclic) bond motifs is 11. The van der Waals surface area contributed by atoms with Crippen molar-refractivity contribution >= 4 is 87.0 Å². The predicted octanol–water partition coefficient (Wildman–Crippen LogP) is 15.1. The minimum atomic E-state index is 0.860. The normalized spacial score (nSPS) is 12.1. The highest BCUT2D eigenvalue weighted by Gasteiger charge is 2.20. The first-order valence-corrected chi connectivity index (χ1v) is 18.5. The van der Waals surface area contributed by atoms with Crippen LogP contribution in [0, 0.1) is 0 Å². The summed E-state index contributed by atoms with van der Waals surface area (Å²) in [6, 6.07) is 65.5. The second-order valence-corrected chi connectivity index (χ2v) is 14.3. The number of furan rings is 2. The van der Waals surface area contributed by atoms with Crippen LogP contribution >= 0.6 is 0 Å². The maximum Gasteiger partial charge on any atom is 0.143 e. The van der Waals surface area contributed by atoms with Gasteiger partial charge < -0.3 is 8.83 Å². The number of hydrogen-bond acceptors (Lipinski definition) is 2. The summed E-state index contributed by atoms with van der Waals surface area (Å²) < 4.78 is 13.4. The third-order valence-electron chi connectivity index (χ3n) is 11.5. The Labute approximate surface area is 310 Å². The largest absolute Gasteiger partial charge is 0.456 e. The van der Waals surface area contributed by atoms with Crippen LogP contribution in [0.5, 0.6) is 0 Å². The van der Waals surface area contributed by atoms with Crippen LogP contribution in [0.15, 0.2) is 191 Å². The zero-order valence-corrected chi connectivity index (χ0v) is 29.1. The molecule has 0 spiro atoms. The Morgan fingerprint density at radius 1 is 0.259 bits per heavy atom. The zero-order valence-electron chi connectivity index (χ0n) is 29.1. The summed E-state index contributed by atoms with van der Waals surface area (Å²) in [6.07, 6.45) is 0. The Hall–Kier alpha value is -7.16. The third-order valence-corrected chi connectivity index (χ3v) is 11.5. The van der Waals surface area contributed by atoms with Gasteiger partial charge in [0, 0.05) is 32.5 Å². The van der Waals surface area contributed by atoms with Gasteiger partial charge in [-0.3, -0.25) is 0 Å². The molecule has 12 rings (SSSR count). The Kier molecular flexibility index (Phi) is 6.09. The van der Waals surface area contributed by atoms with E-state index in [9.17, 15) is 0 Å². The van der Waals surface area contributed by atoms with E-state index in [0.29, 0.717) is 0 Å². The van der Waals surface area contributed by atoms with Crippen LogP contribution in [0.4, 0.5) is 0 Å². The van der Waals surface area contributed by atoms with Crippen molar-refractivity contribution in [1.29, 1.82) is 0 Å². The molecule has 10 aromatic carbocycles. The molecule has 250 valence electrons. The monoisotopic (exact) mass is 686 g/mol. The summed E-state index contributed by atoms with van der Waals surface area (Å²) in [5.74, 6) is 0. The van der Waals surface area contributed by atoms with E-state index < -0.39 is 0 Å². The number of benzene rings is 10. The van der Waals surface area contributed by atoms with E-state index in [4.69, 9.17) is 8.83 Å². The highest BCUT2D eigenvalue weighted by molar-refractivity contribution is 6.24. The van der Waals surface area contributed by atoms with E-state index in [0.717, 1.165) is 66.0 Å². The lowest BCUT2D eigenvalue weighted by Crippen LogP contribution is -1.91. The Morgan fingerprint density at radius 3 is 1.46 bits per heavy atom. The minimum Gasteiger partial charge on any atom is -0.456 e. The van der Waals surface area contributed by atoms with Gasteiger partial charge in [-0.25, -0.2) is 0 Å². The van der Waals surface area contributed by atoms with E-state index in [1.807, 2.05) is 0 Å². The second kappa shape index (κ2) is 11.2. The molecule has 2 heterocycles. The van der Waals surface area contributed by atoms with E-state index in [2.05, 4.69) is 182 Å². The van der Waals surface area contributed by atoms with E-state index in [-0.39, 0.29) is 0 Å². The van der Waals surface area contributed by atoms with E-state index in [1.165, 1.54) is 54.4 Å². The molecule has 2 heteroatoms. The summed E-state index contributed by atoms with van der Waals surface area (Å²) >= 11 is 0. The molecule has 0 atom stereocenters. The van der Waals surface area contributed by atoms with Crippen molar-refractivity contribution in [2.24, 2.45) is 0 Å². The lowest BCUT2D eigenvalue weighted by Gasteiger charge is -2.18. The molecule has 0 saturated heterocycles. The summed E-state index contributed by atoms with van der Waals surface area (Å²) in [4.78, 5) is 0. The summed E-state index contributed by atoms with van der Waals surface area (Å²) in [7, 11) is 0. The smallest absolute Gasteiger partial charge is 0.143 e. The van der Waals surface area contributed by atoms with E-state index in [1.54, 1.807) is 0 Å². The van der Waals surface area contributed by atoms with E-state index >= 15 is 0 Å². The van der Waals surface area contributed by atoms with Gasteiger partial charge in [0.2, 0.25) is 0 Å². The average molecular weight is 687 g/mol. The third kappa shape index (κ3) is 4.17. The molecule has 0 amide bonds. The molecule has 0 aliphatic rings. The molecule has 54 heavy (non-hydrogen) atoms. The molecule has 0 aliphatic heterocycles. The maximum absolute atomic E-state index is 6.74. The fraction of sp³-hybridized carbons (Fsp3) is 0. The van der Waals surface area contributed by atoms with Crippen LogP contribution in [-0.4, -0.2) is 0 Å². The molecule has 0 unspecified atom stereocenters. The highest BCUT2D eigenvalue weighted by atomic mass is 16.3. The number of rotatable bonds is 3. The number of hydrogen-bond donors (Lipinski definition) is 0. The van der Waals surface area contributed by atoms with Crippen LogP contribution in [0.1, 0.15) is 0 Å². The van der Waals surface area contributed by atoms with Crippen molar-refractivity contribution in [3.05, 3.63) is 182 Å². The molecule has 0 bridgehead atoms. The van der Waals surface area contributed by atoms with Gasteiger partial charge in [0.05, 0.1) is 0 Å². The van der Waals surface area contributed by atoms with Gasteiger partial charge in [-0.05, 0) is 95.9 Å². The highest BCUT2D eigenvalue weighted by Crippen LogP contribution is 2.46. The fourth-order valence-corrected chi connectivity index (χ4v) is 9.03. The molecule has 12 aromatic rings. The molecular weight excluding hydrogens is 657 g/mol. The molecular formula is C52H30O2. The Morgan fingerprint density at radius 2 is 0.741 bits per heavy atom. The molecule has 0 saturated carbocycles. The first-order chi connectivity index (χ1) is 26.8. The first kappa shape index (κ1) is 29.4. The van der Waals surface area contributed by atoms with Gasteiger partial charge >= 0.3 is 0 Å². The van der Waals surface area contributed by atoms with Gasteiger partial charge in [-0.15, -0.1) is 0 Å². The van der Waals surface area contributed by atoms with Crippen molar-refractivity contribution < 1.29 is 8.83 Å². The first-order valence-electron chi connectivity index (χ1n) is 18.5. The number of para-hydroxylation sites is 1. The van der Waals surface area contributed by atoms with Gasteiger partial charge in [0.25, 0.3) is 0 Å². The van der Waals surface area contributed by atoms with Crippen LogP contribution in [0.2, 0.25) is 0 Å². The lowest BCUT2D eigenvalue weighted by atomic mass is 9.84. The molecule has 2 nitrogen and oxygen atoms in total. The van der Waals surface area contributed by atoms with Gasteiger partial charge in [-0.2, -0.15) is 0 Å². The summed E-state index contributed by atoms with van der Waals surface area (Å²) in [6.45, 7) is 0.